The van der Waals surface area contributed by atoms with Gasteiger partial charge in [0.1, 0.15) is 24.2 Å². The van der Waals surface area contributed by atoms with Gasteiger partial charge in [-0.2, -0.15) is 0 Å². The second-order valence-corrected chi connectivity index (χ2v) is 33.3. The number of esters is 2. The van der Waals surface area contributed by atoms with Gasteiger partial charge in [-0.05, 0) is 261 Å². The Balaban J connectivity index is 0.000000126. The van der Waals surface area contributed by atoms with Crippen LogP contribution in [0.5, 0.6) is 0 Å². The summed E-state index contributed by atoms with van der Waals surface area (Å²) in [6, 6.07) is 16.7. The molecule has 16 bridgehead atoms. The van der Waals surface area contributed by atoms with Gasteiger partial charge in [-0.25, -0.2) is 19.2 Å². The van der Waals surface area contributed by atoms with Crippen LogP contribution >= 0.6 is 0 Å². The van der Waals surface area contributed by atoms with Crippen molar-refractivity contribution in [3.8, 4) is 0 Å². The molecule has 0 radical (unpaired) electrons. The lowest BCUT2D eigenvalue weighted by molar-refractivity contribution is -0.153. The van der Waals surface area contributed by atoms with E-state index < -0.39 is 36.1 Å². The number of carboxylic acid groups (broad SMARTS) is 2. The molecule has 16 nitrogen and oxygen atoms in total. The minimum Gasteiger partial charge on any atom is -0.480 e. The molecule has 16 heteroatoms. The summed E-state index contributed by atoms with van der Waals surface area (Å²) in [6.45, 7) is 8.11. The second-order valence-electron chi connectivity index (χ2n) is 33.3. The summed E-state index contributed by atoms with van der Waals surface area (Å²) in [5.41, 5.74) is 0.994. The van der Waals surface area contributed by atoms with E-state index in [9.17, 15) is 48.6 Å². The van der Waals surface area contributed by atoms with Gasteiger partial charge < -0.3 is 41.0 Å². The van der Waals surface area contributed by atoms with Gasteiger partial charge in [0.25, 0.3) is 0 Å². The average molecular weight is 1270 g/mol. The topological polar surface area (TPSA) is 244 Å². The summed E-state index contributed by atoms with van der Waals surface area (Å²) in [5, 5.41) is 30.7. The summed E-state index contributed by atoms with van der Waals surface area (Å²) in [7, 11) is 2.78. The maximum Gasteiger partial charge on any atom is 0.328 e. The Labute approximate surface area is 546 Å². The van der Waals surface area contributed by atoms with E-state index in [1.54, 1.807) is 0 Å². The van der Waals surface area contributed by atoms with Gasteiger partial charge in [-0.1, -0.05) is 88.4 Å². The number of aliphatic carboxylic acids is 2. The summed E-state index contributed by atoms with van der Waals surface area (Å²) in [6.07, 6.45) is 29.5. The van der Waals surface area contributed by atoms with Crippen molar-refractivity contribution >= 4 is 47.5 Å². The number of hydrogen-bond acceptors (Lipinski definition) is 10. The maximum atomic E-state index is 13.2. The van der Waals surface area contributed by atoms with Crippen LogP contribution in [-0.4, -0.2) is 96.1 Å². The second kappa shape index (κ2) is 28.3. The van der Waals surface area contributed by atoms with E-state index in [1.165, 1.54) is 91.3 Å². The lowest BCUT2D eigenvalue weighted by atomic mass is 9.49. The van der Waals surface area contributed by atoms with Crippen molar-refractivity contribution in [1.29, 1.82) is 0 Å². The van der Waals surface area contributed by atoms with Gasteiger partial charge in [-0.3, -0.25) is 19.2 Å². The predicted molar refractivity (Wildman–Crippen MR) is 349 cm³/mol. The monoisotopic (exact) mass is 1270 g/mol. The number of ether oxygens (including phenoxy) is 2. The van der Waals surface area contributed by atoms with E-state index in [-0.39, 0.29) is 63.1 Å². The molecular formula is C76H108N4O12. The fourth-order valence-electron chi connectivity index (χ4n) is 22.6. The zero-order valence-corrected chi connectivity index (χ0v) is 55.9. The molecule has 16 aliphatic rings. The molecule has 0 aliphatic heterocycles. The molecule has 504 valence electrons. The summed E-state index contributed by atoms with van der Waals surface area (Å²) in [4.78, 5) is 99.3. The van der Waals surface area contributed by atoms with Crippen molar-refractivity contribution in [2.45, 2.75) is 232 Å². The van der Waals surface area contributed by atoms with E-state index >= 15 is 0 Å². The summed E-state index contributed by atoms with van der Waals surface area (Å²) >= 11 is 0. The van der Waals surface area contributed by atoms with E-state index in [0.29, 0.717) is 84.9 Å². The summed E-state index contributed by atoms with van der Waals surface area (Å²) < 4.78 is 9.83. The number of nitrogens with one attached hydrogen (secondary N) is 4. The first-order valence-electron chi connectivity index (χ1n) is 35.8. The molecule has 0 unspecified atom stereocenters. The first kappa shape index (κ1) is 67.6. The van der Waals surface area contributed by atoms with Crippen molar-refractivity contribution in [2.24, 2.45) is 105 Å². The standard InChI is InChI=1S/C21H27NO3.C20H25NO3.C18H29NO3.C17H27NO3/c1-25-19(23)18(10-14-5-3-2-4-6-14)22-20(24)21-11-15-7-16(12-21)9-17(8-15)13-21;22-18(23)17(9-13-4-2-1-3-5-13)21-19(24)20-10-14-6-15(11-20)8-16(7-14)12-20;1-11(2)4-15(16(20)22-3)19-17(21)18-8-12-5-13(9-18)7-14(6-12)10-18;1-10(2)3-14(15(19)20)18-16(21)17-7-11-4-12(8-17)6-13(5-11)9-17/h2-6,15-18H,7-13H2,1H3,(H,22,24);1-5,14-17H,6-12H2,(H,21,24)(H,22,23);11-15H,4-10H2,1-3H3,(H,19,21);10-14H,3-9H2,1-2H3,(H,18,21)(H,19,20)/t15?,16?,17?,18-,21?;14?,15?,16?,17-,20?;12?,13?,14?,15-,18?;11?,12?,13?,14-,17?/m0000/s1. The van der Waals surface area contributed by atoms with Gasteiger partial charge in [-0.15, -0.1) is 0 Å². The normalized spacial score (nSPS) is 35.9. The average Bonchev–Trinajstić information content (AvgIpc) is 0.770. The maximum absolute atomic E-state index is 13.2. The van der Waals surface area contributed by atoms with Crippen molar-refractivity contribution in [3.63, 3.8) is 0 Å². The first-order valence-corrected chi connectivity index (χ1v) is 35.8. The Morgan fingerprint density at radius 2 is 0.576 bits per heavy atom. The number of hydrogen-bond donors (Lipinski definition) is 6. The Kier molecular flexibility index (Phi) is 20.8. The molecule has 0 heterocycles. The molecule has 4 atom stereocenters. The van der Waals surface area contributed by atoms with Crippen LogP contribution in [0.3, 0.4) is 0 Å². The first-order chi connectivity index (χ1) is 43.9. The molecule has 2 aromatic carbocycles. The molecule has 6 N–H and O–H groups in total. The smallest absolute Gasteiger partial charge is 0.328 e. The van der Waals surface area contributed by atoms with E-state index in [1.807, 2.05) is 74.5 Å². The Morgan fingerprint density at radius 3 is 0.826 bits per heavy atom. The molecule has 16 aliphatic carbocycles. The molecule has 0 spiro atoms. The highest BCUT2D eigenvalue weighted by molar-refractivity contribution is 5.91. The van der Waals surface area contributed by atoms with E-state index in [4.69, 9.17) is 9.47 Å². The third kappa shape index (κ3) is 15.5. The Bertz CT molecular complexity index is 2840. The number of carboxylic acids is 2. The van der Waals surface area contributed by atoms with Crippen LogP contribution in [0.1, 0.15) is 206 Å². The van der Waals surface area contributed by atoms with Gasteiger partial charge >= 0.3 is 23.9 Å². The van der Waals surface area contributed by atoms with Crippen LogP contribution in [0.25, 0.3) is 0 Å². The third-order valence-electron chi connectivity index (χ3n) is 24.8. The van der Waals surface area contributed by atoms with Gasteiger partial charge in [0, 0.05) is 34.5 Å². The molecule has 92 heavy (non-hydrogen) atoms. The van der Waals surface area contributed by atoms with Crippen LogP contribution in [0.15, 0.2) is 60.7 Å². The fraction of sp³-hybridized carbons (Fsp3) is 0.737. The molecule has 16 saturated carbocycles. The van der Waals surface area contributed by atoms with E-state index in [0.717, 1.165) is 106 Å². The minimum absolute atomic E-state index is 0.00932. The highest BCUT2D eigenvalue weighted by atomic mass is 16.5. The SMILES string of the molecule is CC(C)C[C@H](NC(=O)C12CC3CC(CC(C3)C1)C2)C(=O)O.COC(=O)[C@H](CC(C)C)NC(=O)C12CC3CC(CC(C3)C1)C2.COC(=O)[C@H](Cc1ccccc1)NC(=O)C12CC3CC(CC(C3)C1)C2.O=C(O)[C@H](Cc1ccccc1)NC(=O)C12CC3CC(CC(C3)C1)C2. The molecule has 18 rings (SSSR count). The summed E-state index contributed by atoms with van der Waals surface area (Å²) in [5.74, 6) is 6.79. The van der Waals surface area contributed by atoms with Gasteiger partial charge in [0.05, 0.1) is 14.2 Å². The highest BCUT2D eigenvalue weighted by Gasteiger charge is 2.59. The van der Waals surface area contributed by atoms with Crippen LogP contribution in [0, 0.1) is 105 Å². The van der Waals surface area contributed by atoms with Crippen LogP contribution < -0.4 is 21.3 Å². The Morgan fingerprint density at radius 1 is 0.359 bits per heavy atom. The van der Waals surface area contributed by atoms with Gasteiger partial charge in [0.15, 0.2) is 0 Å². The number of carbonyl (C=O) groups is 8. The molecule has 0 saturated heterocycles. The van der Waals surface area contributed by atoms with Crippen molar-refractivity contribution in [2.75, 3.05) is 14.2 Å². The van der Waals surface area contributed by atoms with Crippen molar-refractivity contribution in [3.05, 3.63) is 71.8 Å². The quantitative estimate of drug-likeness (QED) is 0.0678. The minimum atomic E-state index is -0.947. The fourth-order valence-corrected chi connectivity index (χ4v) is 22.6. The Hall–Kier alpha value is -5.80. The highest BCUT2D eigenvalue weighted by Crippen LogP contribution is 2.63. The van der Waals surface area contributed by atoms with Gasteiger partial charge in [0.2, 0.25) is 23.6 Å². The number of carbonyl (C=O) groups excluding carboxylic acids is 6. The predicted octanol–water partition coefficient (Wildman–Crippen LogP) is 11.8. The zero-order valence-electron chi connectivity index (χ0n) is 55.9. The zero-order chi connectivity index (χ0) is 65.3. The molecular weight excluding hydrogens is 1160 g/mol. The molecule has 16 fully saturated rings. The van der Waals surface area contributed by atoms with Crippen LogP contribution in [0.2, 0.25) is 0 Å². The molecule has 2 aromatic rings. The van der Waals surface area contributed by atoms with Crippen molar-refractivity contribution < 1.29 is 58.0 Å². The number of rotatable bonds is 20. The number of methoxy groups -OCH3 is 2. The van der Waals surface area contributed by atoms with Crippen molar-refractivity contribution in [1.82, 2.24) is 21.3 Å². The van der Waals surface area contributed by atoms with Crippen LogP contribution in [0.4, 0.5) is 0 Å². The number of amides is 4. The lowest BCUT2D eigenvalue weighted by Crippen LogP contribution is -2.56. The largest absolute Gasteiger partial charge is 0.480 e. The van der Waals surface area contributed by atoms with Crippen LogP contribution in [-0.2, 0) is 60.7 Å². The van der Waals surface area contributed by atoms with E-state index in [2.05, 4.69) is 35.1 Å². The third-order valence-corrected chi connectivity index (χ3v) is 24.8. The number of benzene rings is 2. The molecule has 0 aromatic heterocycles. The molecule has 4 amide bonds. The lowest BCUT2D eigenvalue weighted by Gasteiger charge is -2.55.